The van der Waals surface area contributed by atoms with Gasteiger partial charge in [0.2, 0.25) is 0 Å². The summed E-state index contributed by atoms with van der Waals surface area (Å²) in [6, 6.07) is 3.06. The first-order valence-electron chi connectivity index (χ1n) is 3.22. The SMILES string of the molecule is CC(O)(C(N)=O)c1ccc(Br)o1. The van der Waals surface area contributed by atoms with Crippen LogP contribution < -0.4 is 5.73 Å². The van der Waals surface area contributed by atoms with E-state index >= 15 is 0 Å². The number of amides is 1. The fourth-order valence-corrected chi connectivity index (χ4v) is 1.00. The molecule has 0 saturated carbocycles. The molecule has 3 N–H and O–H groups in total. The zero-order chi connectivity index (χ0) is 9.35. The number of carbonyl (C=O) groups is 1. The van der Waals surface area contributed by atoms with Crippen LogP contribution in [0.5, 0.6) is 0 Å². The summed E-state index contributed by atoms with van der Waals surface area (Å²) in [7, 11) is 0. The summed E-state index contributed by atoms with van der Waals surface area (Å²) in [5, 5.41) is 9.49. The van der Waals surface area contributed by atoms with E-state index < -0.39 is 11.5 Å². The molecule has 5 heteroatoms. The molecule has 1 rings (SSSR count). The molecule has 1 atom stereocenters. The lowest BCUT2D eigenvalue weighted by Crippen LogP contribution is -2.37. The van der Waals surface area contributed by atoms with Crippen molar-refractivity contribution in [2.24, 2.45) is 5.73 Å². The highest BCUT2D eigenvalue weighted by atomic mass is 79.9. The van der Waals surface area contributed by atoms with Crippen LogP contribution >= 0.6 is 15.9 Å². The lowest BCUT2D eigenvalue weighted by Gasteiger charge is -2.15. The van der Waals surface area contributed by atoms with Crippen molar-refractivity contribution in [3.8, 4) is 0 Å². The number of hydrogen-bond donors (Lipinski definition) is 2. The van der Waals surface area contributed by atoms with E-state index in [9.17, 15) is 9.90 Å². The van der Waals surface area contributed by atoms with Gasteiger partial charge in [-0.15, -0.1) is 0 Å². The van der Waals surface area contributed by atoms with Crippen molar-refractivity contribution < 1.29 is 14.3 Å². The standard InChI is InChI=1S/C7H8BrNO3/c1-7(11,6(9)10)4-2-3-5(8)12-4/h2-3,11H,1H3,(H2,9,10). The van der Waals surface area contributed by atoms with Crippen LogP contribution in [-0.4, -0.2) is 11.0 Å². The van der Waals surface area contributed by atoms with E-state index in [1.54, 1.807) is 6.07 Å². The van der Waals surface area contributed by atoms with Crippen LogP contribution in [0.2, 0.25) is 0 Å². The van der Waals surface area contributed by atoms with Gasteiger partial charge in [-0.2, -0.15) is 0 Å². The third-order valence-corrected chi connectivity index (χ3v) is 1.96. The number of nitrogens with two attached hydrogens (primary N) is 1. The van der Waals surface area contributed by atoms with Gasteiger partial charge in [-0.05, 0) is 35.0 Å². The van der Waals surface area contributed by atoms with E-state index in [0.717, 1.165) is 0 Å². The summed E-state index contributed by atoms with van der Waals surface area (Å²) < 4.78 is 5.42. The quantitative estimate of drug-likeness (QED) is 0.791. The molecule has 0 spiro atoms. The molecule has 0 saturated heterocycles. The van der Waals surface area contributed by atoms with Gasteiger partial charge in [0.25, 0.3) is 5.91 Å². The minimum absolute atomic E-state index is 0.127. The molecule has 0 bridgehead atoms. The fourth-order valence-electron chi connectivity index (χ4n) is 0.697. The second-order valence-corrected chi connectivity index (χ2v) is 3.32. The summed E-state index contributed by atoms with van der Waals surface area (Å²) in [5.74, 6) is -0.716. The topological polar surface area (TPSA) is 76.5 Å². The van der Waals surface area contributed by atoms with E-state index in [1.165, 1.54) is 13.0 Å². The first-order chi connectivity index (χ1) is 5.44. The summed E-state index contributed by atoms with van der Waals surface area (Å²) in [6.45, 7) is 1.28. The zero-order valence-electron chi connectivity index (χ0n) is 6.37. The number of hydrogen-bond acceptors (Lipinski definition) is 3. The Morgan fingerprint density at radius 1 is 1.75 bits per heavy atom. The van der Waals surface area contributed by atoms with Gasteiger partial charge in [-0.25, -0.2) is 0 Å². The van der Waals surface area contributed by atoms with Crippen molar-refractivity contribution in [2.75, 3.05) is 0 Å². The van der Waals surface area contributed by atoms with Gasteiger partial charge in [-0.1, -0.05) is 0 Å². The first-order valence-corrected chi connectivity index (χ1v) is 4.02. The van der Waals surface area contributed by atoms with Crippen molar-refractivity contribution in [1.82, 2.24) is 0 Å². The molecule has 66 valence electrons. The predicted octanol–water partition coefficient (Wildman–Crippen LogP) is 0.735. The summed E-state index contributed by atoms with van der Waals surface area (Å²) in [5.41, 5.74) is 3.20. The second kappa shape index (κ2) is 2.91. The minimum Gasteiger partial charge on any atom is -0.451 e. The predicted molar refractivity (Wildman–Crippen MR) is 45.2 cm³/mol. The molecular formula is C7H8BrNO3. The fraction of sp³-hybridized carbons (Fsp3) is 0.286. The molecule has 1 unspecified atom stereocenters. The maximum atomic E-state index is 10.7. The van der Waals surface area contributed by atoms with Crippen LogP contribution in [0.25, 0.3) is 0 Å². The Labute approximate surface area is 77.5 Å². The molecule has 0 aliphatic heterocycles. The van der Waals surface area contributed by atoms with Gasteiger partial charge in [0.05, 0.1) is 0 Å². The molecule has 1 aromatic heterocycles. The van der Waals surface area contributed by atoms with Crippen LogP contribution in [0.4, 0.5) is 0 Å². The Morgan fingerprint density at radius 2 is 2.33 bits per heavy atom. The van der Waals surface area contributed by atoms with Crippen LogP contribution in [0.3, 0.4) is 0 Å². The highest BCUT2D eigenvalue weighted by molar-refractivity contribution is 9.10. The zero-order valence-corrected chi connectivity index (χ0v) is 7.96. The smallest absolute Gasteiger partial charge is 0.257 e. The third kappa shape index (κ3) is 1.51. The Bertz CT molecular complexity index is 305. The Balaban J connectivity index is 3.05. The average Bonchev–Trinajstić information content (AvgIpc) is 2.35. The van der Waals surface area contributed by atoms with Gasteiger partial charge in [0.15, 0.2) is 10.3 Å². The van der Waals surface area contributed by atoms with Gasteiger partial charge in [0, 0.05) is 0 Å². The third-order valence-electron chi connectivity index (χ3n) is 1.53. The minimum atomic E-state index is -1.74. The number of rotatable bonds is 2. The molecule has 0 aliphatic rings. The van der Waals surface area contributed by atoms with Gasteiger partial charge < -0.3 is 15.3 Å². The Hall–Kier alpha value is -0.810. The molecule has 4 nitrogen and oxygen atoms in total. The molecule has 1 amide bonds. The van der Waals surface area contributed by atoms with Crippen LogP contribution in [0.15, 0.2) is 21.2 Å². The van der Waals surface area contributed by atoms with Crippen molar-refractivity contribution in [3.63, 3.8) is 0 Å². The normalized spacial score (nSPS) is 15.6. The molecule has 0 radical (unpaired) electrons. The van der Waals surface area contributed by atoms with Gasteiger partial charge >= 0.3 is 0 Å². The van der Waals surface area contributed by atoms with Crippen LogP contribution in [0, 0.1) is 0 Å². The van der Waals surface area contributed by atoms with Crippen LogP contribution in [-0.2, 0) is 10.4 Å². The van der Waals surface area contributed by atoms with E-state index in [4.69, 9.17) is 10.2 Å². The van der Waals surface area contributed by atoms with E-state index in [2.05, 4.69) is 15.9 Å². The Morgan fingerprint density at radius 3 is 2.67 bits per heavy atom. The summed E-state index contributed by atoms with van der Waals surface area (Å²) >= 11 is 3.04. The number of aliphatic hydroxyl groups is 1. The molecule has 12 heavy (non-hydrogen) atoms. The van der Waals surface area contributed by atoms with Gasteiger partial charge in [0.1, 0.15) is 5.76 Å². The van der Waals surface area contributed by atoms with Crippen molar-refractivity contribution >= 4 is 21.8 Å². The largest absolute Gasteiger partial charge is 0.451 e. The lowest BCUT2D eigenvalue weighted by atomic mass is 10.0. The lowest BCUT2D eigenvalue weighted by molar-refractivity contribution is -0.137. The molecule has 0 fully saturated rings. The van der Waals surface area contributed by atoms with E-state index in [1.807, 2.05) is 0 Å². The molecule has 0 aromatic carbocycles. The van der Waals surface area contributed by atoms with Gasteiger partial charge in [-0.3, -0.25) is 4.79 Å². The number of carbonyl (C=O) groups excluding carboxylic acids is 1. The monoisotopic (exact) mass is 233 g/mol. The number of halogens is 1. The summed E-state index contributed by atoms with van der Waals surface area (Å²) in [4.78, 5) is 10.7. The van der Waals surface area contributed by atoms with E-state index in [-0.39, 0.29) is 5.76 Å². The second-order valence-electron chi connectivity index (χ2n) is 2.54. The highest BCUT2D eigenvalue weighted by Gasteiger charge is 2.33. The van der Waals surface area contributed by atoms with Crippen LogP contribution in [0.1, 0.15) is 12.7 Å². The van der Waals surface area contributed by atoms with Crippen molar-refractivity contribution in [3.05, 3.63) is 22.6 Å². The van der Waals surface area contributed by atoms with E-state index in [0.29, 0.717) is 4.67 Å². The first kappa shape index (κ1) is 9.28. The maximum Gasteiger partial charge on any atom is 0.257 e. The maximum absolute atomic E-state index is 10.7. The molecule has 1 aromatic rings. The number of furan rings is 1. The van der Waals surface area contributed by atoms with Crippen molar-refractivity contribution in [2.45, 2.75) is 12.5 Å². The Kier molecular flexibility index (Phi) is 2.25. The highest BCUT2D eigenvalue weighted by Crippen LogP contribution is 2.24. The molecule has 0 aliphatic carbocycles. The average molecular weight is 234 g/mol. The van der Waals surface area contributed by atoms with Crippen molar-refractivity contribution in [1.29, 1.82) is 0 Å². The summed E-state index contributed by atoms with van der Waals surface area (Å²) in [6.07, 6.45) is 0. The number of primary amides is 1. The molecular weight excluding hydrogens is 226 g/mol. The molecule has 1 heterocycles.